The highest BCUT2D eigenvalue weighted by atomic mass is 32.2. The first-order valence-electron chi connectivity index (χ1n) is 10.7. The van der Waals surface area contributed by atoms with Gasteiger partial charge in [-0.3, -0.25) is 9.58 Å². The van der Waals surface area contributed by atoms with Crippen LogP contribution in [0.3, 0.4) is 0 Å². The molecule has 1 aromatic carbocycles. The van der Waals surface area contributed by atoms with Crippen LogP contribution in [0.15, 0.2) is 24.3 Å². The first-order chi connectivity index (χ1) is 13.8. The molecule has 0 aliphatic carbocycles. The summed E-state index contributed by atoms with van der Waals surface area (Å²) in [7, 11) is -3.37. The number of aromatic nitrogens is 2. The van der Waals surface area contributed by atoms with Crippen LogP contribution in [-0.2, 0) is 35.3 Å². The van der Waals surface area contributed by atoms with E-state index in [0.717, 1.165) is 48.6 Å². The lowest BCUT2D eigenvalue weighted by Crippen LogP contribution is -2.37. The quantitative estimate of drug-likeness (QED) is 0.725. The molecule has 4 rings (SSSR count). The molecule has 0 saturated carbocycles. The Balaban J connectivity index is 1.56. The Hall–Kier alpha value is -1.70. The summed E-state index contributed by atoms with van der Waals surface area (Å²) in [5.74, 6) is 0.0546. The van der Waals surface area contributed by atoms with Crippen molar-refractivity contribution in [2.45, 2.75) is 64.9 Å². The van der Waals surface area contributed by atoms with Crippen molar-refractivity contribution < 1.29 is 8.42 Å². The Morgan fingerprint density at radius 2 is 1.76 bits per heavy atom. The fraction of sp³-hybridized carbons (Fsp3) is 0.591. The lowest BCUT2D eigenvalue weighted by atomic mass is 10.1. The van der Waals surface area contributed by atoms with E-state index in [0.29, 0.717) is 13.1 Å². The third-order valence-electron chi connectivity index (χ3n) is 6.06. The summed E-state index contributed by atoms with van der Waals surface area (Å²) < 4.78 is 29.9. The average molecular weight is 417 g/mol. The largest absolute Gasteiger partial charge is 0.297 e. The number of hydrogen-bond acceptors (Lipinski definition) is 4. The predicted molar refractivity (Wildman–Crippen MR) is 115 cm³/mol. The molecule has 0 unspecified atom stereocenters. The molecule has 29 heavy (non-hydrogen) atoms. The minimum Gasteiger partial charge on any atom is -0.297 e. The summed E-state index contributed by atoms with van der Waals surface area (Å²) >= 11 is 0. The Bertz CT molecular complexity index is 957. The Morgan fingerprint density at radius 1 is 1.07 bits per heavy atom. The van der Waals surface area contributed by atoms with Gasteiger partial charge in [0.25, 0.3) is 0 Å². The van der Waals surface area contributed by atoms with Gasteiger partial charge in [0.1, 0.15) is 0 Å². The van der Waals surface area contributed by atoms with E-state index in [1.54, 1.807) is 4.31 Å². The first-order valence-corrected chi connectivity index (χ1v) is 12.3. The van der Waals surface area contributed by atoms with Gasteiger partial charge >= 0.3 is 0 Å². The van der Waals surface area contributed by atoms with Crippen molar-refractivity contribution in [3.63, 3.8) is 0 Å². The maximum Gasteiger partial charge on any atom is 0.218 e. The van der Waals surface area contributed by atoms with E-state index >= 15 is 0 Å². The summed E-state index contributed by atoms with van der Waals surface area (Å²) in [6.45, 7) is 10.4. The first kappa shape index (κ1) is 20.6. The van der Waals surface area contributed by atoms with Crippen LogP contribution >= 0.6 is 0 Å². The van der Waals surface area contributed by atoms with Gasteiger partial charge in [0, 0.05) is 24.7 Å². The fourth-order valence-electron chi connectivity index (χ4n) is 4.43. The molecule has 3 heterocycles. The van der Waals surface area contributed by atoms with Crippen LogP contribution < -0.4 is 0 Å². The van der Waals surface area contributed by atoms with Gasteiger partial charge in [-0.2, -0.15) is 9.40 Å². The highest BCUT2D eigenvalue weighted by Crippen LogP contribution is 2.29. The number of rotatable bonds is 6. The molecule has 0 atom stereocenters. The van der Waals surface area contributed by atoms with Crippen molar-refractivity contribution in [3.05, 3.63) is 52.3 Å². The van der Waals surface area contributed by atoms with Gasteiger partial charge in [-0.05, 0) is 58.7 Å². The SMILES string of the molecule is Cc1ccc(CS(=O)(=O)N2CCc3c(CN4CCCC4)nn(C(C)C)c3C2)cc1. The average Bonchev–Trinajstić information content (AvgIpc) is 3.31. The lowest BCUT2D eigenvalue weighted by molar-refractivity contribution is 0.323. The van der Waals surface area contributed by atoms with Crippen LogP contribution in [0.5, 0.6) is 0 Å². The Labute approximate surface area is 174 Å². The molecule has 1 fully saturated rings. The number of fused-ring (bicyclic) bond motifs is 1. The van der Waals surface area contributed by atoms with Crippen molar-refractivity contribution in [2.75, 3.05) is 19.6 Å². The Morgan fingerprint density at radius 3 is 2.41 bits per heavy atom. The topological polar surface area (TPSA) is 58.4 Å². The van der Waals surface area contributed by atoms with E-state index < -0.39 is 10.0 Å². The second kappa shape index (κ2) is 8.20. The standard InChI is InChI=1S/C22H32N4O2S/c1-17(2)26-22-15-25(29(27,28)16-19-8-6-18(3)7-9-19)13-10-20(22)21(23-26)14-24-11-4-5-12-24/h6-9,17H,4-5,10-16H2,1-3H3. The van der Waals surface area contributed by atoms with Crippen LogP contribution in [0.4, 0.5) is 0 Å². The monoisotopic (exact) mass is 416 g/mol. The van der Waals surface area contributed by atoms with E-state index in [4.69, 9.17) is 5.10 Å². The molecule has 158 valence electrons. The zero-order valence-electron chi connectivity index (χ0n) is 17.8. The number of hydrogen-bond donors (Lipinski definition) is 0. The Kier molecular flexibility index (Phi) is 5.82. The van der Waals surface area contributed by atoms with E-state index in [2.05, 4.69) is 18.7 Å². The molecule has 2 aliphatic rings. The van der Waals surface area contributed by atoms with Crippen LogP contribution in [0.2, 0.25) is 0 Å². The second-order valence-corrected chi connectivity index (χ2v) is 10.7. The molecule has 2 aromatic rings. The van der Waals surface area contributed by atoms with Crippen LogP contribution in [0.1, 0.15) is 60.8 Å². The van der Waals surface area contributed by atoms with Gasteiger partial charge in [0.05, 0.1) is 23.7 Å². The summed E-state index contributed by atoms with van der Waals surface area (Å²) in [6.07, 6.45) is 3.27. The summed E-state index contributed by atoms with van der Waals surface area (Å²) in [4.78, 5) is 2.47. The number of nitrogens with zero attached hydrogens (tertiary/aromatic N) is 4. The smallest absolute Gasteiger partial charge is 0.218 e. The molecule has 0 amide bonds. The molecule has 6 nitrogen and oxygen atoms in total. The summed E-state index contributed by atoms with van der Waals surface area (Å²) in [5.41, 5.74) is 5.47. The predicted octanol–water partition coefficient (Wildman–Crippen LogP) is 3.26. The van der Waals surface area contributed by atoms with Crippen LogP contribution in [0, 0.1) is 6.92 Å². The van der Waals surface area contributed by atoms with Gasteiger partial charge in [-0.25, -0.2) is 8.42 Å². The fourth-order valence-corrected chi connectivity index (χ4v) is 5.91. The van der Waals surface area contributed by atoms with E-state index in [1.807, 2.05) is 35.9 Å². The molecular formula is C22H32N4O2S. The van der Waals surface area contributed by atoms with Crippen LogP contribution in [0.25, 0.3) is 0 Å². The summed E-state index contributed by atoms with van der Waals surface area (Å²) in [6, 6.07) is 7.98. The molecule has 7 heteroatoms. The van der Waals surface area contributed by atoms with E-state index in [1.165, 1.54) is 18.4 Å². The van der Waals surface area contributed by atoms with Crippen molar-refractivity contribution in [1.82, 2.24) is 19.0 Å². The lowest BCUT2D eigenvalue weighted by Gasteiger charge is -2.28. The molecule has 0 bridgehead atoms. The summed E-state index contributed by atoms with van der Waals surface area (Å²) in [5, 5.41) is 4.92. The molecule has 0 N–H and O–H groups in total. The number of benzene rings is 1. The highest BCUT2D eigenvalue weighted by molar-refractivity contribution is 7.88. The number of likely N-dealkylation sites (tertiary alicyclic amines) is 1. The minimum absolute atomic E-state index is 0.0546. The van der Waals surface area contributed by atoms with Crippen molar-refractivity contribution >= 4 is 10.0 Å². The molecule has 1 saturated heterocycles. The van der Waals surface area contributed by atoms with Crippen molar-refractivity contribution in [2.24, 2.45) is 0 Å². The van der Waals surface area contributed by atoms with Gasteiger partial charge < -0.3 is 0 Å². The molecule has 0 spiro atoms. The van der Waals surface area contributed by atoms with Crippen molar-refractivity contribution in [3.8, 4) is 0 Å². The maximum atomic E-state index is 13.1. The zero-order chi connectivity index (χ0) is 20.6. The molecule has 2 aliphatic heterocycles. The van der Waals surface area contributed by atoms with Gasteiger partial charge in [-0.15, -0.1) is 0 Å². The van der Waals surface area contributed by atoms with Gasteiger partial charge in [0.2, 0.25) is 10.0 Å². The second-order valence-electron chi connectivity index (χ2n) is 8.72. The number of sulfonamides is 1. The normalized spacial score (nSPS) is 18.5. The molecule has 1 aromatic heterocycles. The molecular weight excluding hydrogens is 384 g/mol. The third kappa shape index (κ3) is 4.42. The maximum absolute atomic E-state index is 13.1. The third-order valence-corrected chi connectivity index (χ3v) is 7.86. The highest BCUT2D eigenvalue weighted by Gasteiger charge is 2.32. The minimum atomic E-state index is -3.37. The molecule has 0 radical (unpaired) electrons. The van der Waals surface area contributed by atoms with E-state index in [-0.39, 0.29) is 11.8 Å². The van der Waals surface area contributed by atoms with Gasteiger partial charge in [0.15, 0.2) is 0 Å². The van der Waals surface area contributed by atoms with Crippen molar-refractivity contribution in [1.29, 1.82) is 0 Å². The van der Waals surface area contributed by atoms with Crippen LogP contribution in [-0.4, -0.2) is 47.0 Å². The van der Waals surface area contributed by atoms with Gasteiger partial charge in [-0.1, -0.05) is 29.8 Å². The zero-order valence-corrected chi connectivity index (χ0v) is 18.6. The van der Waals surface area contributed by atoms with E-state index in [9.17, 15) is 8.42 Å². The number of aryl methyl sites for hydroxylation is 1.